The largest absolute Gasteiger partial charge is 0.436 e. The van der Waals surface area contributed by atoms with Gasteiger partial charge < -0.3 is 9.73 Å². The van der Waals surface area contributed by atoms with E-state index in [2.05, 4.69) is 10.3 Å². The molecule has 118 valence electrons. The number of oxazole rings is 1. The van der Waals surface area contributed by atoms with E-state index in [0.717, 1.165) is 6.42 Å². The molecule has 0 aliphatic carbocycles. The van der Waals surface area contributed by atoms with Gasteiger partial charge in [-0.25, -0.2) is 9.37 Å². The fraction of sp³-hybridized carbons (Fsp3) is 0.188. The van der Waals surface area contributed by atoms with Crippen LogP contribution in [0.1, 0.15) is 13.3 Å². The molecule has 6 nitrogen and oxygen atoms in total. The van der Waals surface area contributed by atoms with Crippen LogP contribution >= 0.6 is 0 Å². The third kappa shape index (κ3) is 2.98. The van der Waals surface area contributed by atoms with E-state index in [4.69, 9.17) is 4.42 Å². The molecular weight excluding hydrogens is 301 g/mol. The summed E-state index contributed by atoms with van der Waals surface area (Å²) >= 11 is 0. The molecule has 1 heterocycles. The van der Waals surface area contributed by atoms with Crippen molar-refractivity contribution in [3.63, 3.8) is 0 Å². The Morgan fingerprint density at radius 3 is 2.87 bits per heavy atom. The Morgan fingerprint density at radius 2 is 2.13 bits per heavy atom. The summed E-state index contributed by atoms with van der Waals surface area (Å²) in [5, 5.41) is 14.2. The second-order valence-electron chi connectivity index (χ2n) is 5.04. The Morgan fingerprint density at radius 1 is 1.30 bits per heavy atom. The molecule has 0 amide bonds. The number of nitro groups is 1. The number of fused-ring (bicyclic) bond motifs is 1. The van der Waals surface area contributed by atoms with Gasteiger partial charge in [0.1, 0.15) is 11.3 Å². The molecule has 0 fully saturated rings. The molecule has 3 rings (SSSR count). The summed E-state index contributed by atoms with van der Waals surface area (Å²) in [5.74, 6) is -0.212. The average molecular weight is 315 g/mol. The van der Waals surface area contributed by atoms with Crippen LogP contribution in [0.5, 0.6) is 0 Å². The highest BCUT2D eigenvalue weighted by Crippen LogP contribution is 2.33. The van der Waals surface area contributed by atoms with E-state index < -0.39 is 10.7 Å². The molecule has 0 saturated carbocycles. The number of benzene rings is 2. The number of rotatable bonds is 5. The van der Waals surface area contributed by atoms with Crippen molar-refractivity contribution in [1.29, 1.82) is 0 Å². The molecule has 0 aliphatic heterocycles. The van der Waals surface area contributed by atoms with Gasteiger partial charge >= 0.3 is 0 Å². The third-order valence-corrected chi connectivity index (χ3v) is 3.36. The van der Waals surface area contributed by atoms with Gasteiger partial charge in [0.05, 0.1) is 10.5 Å². The van der Waals surface area contributed by atoms with Crippen molar-refractivity contribution < 1.29 is 13.7 Å². The standard InChI is InChI=1S/C16H14FN3O3/c1-2-7-18-13-6-4-11(20(21)22)9-12(13)16-19-14-5-3-10(17)8-15(14)23-16/h3-6,8-9,18H,2,7H2,1H3. The Hall–Kier alpha value is -2.96. The van der Waals surface area contributed by atoms with Crippen LogP contribution in [0.3, 0.4) is 0 Å². The first-order chi connectivity index (χ1) is 11.1. The first-order valence-corrected chi connectivity index (χ1v) is 7.17. The van der Waals surface area contributed by atoms with Gasteiger partial charge in [0, 0.05) is 30.4 Å². The molecule has 0 unspecified atom stereocenters. The second-order valence-corrected chi connectivity index (χ2v) is 5.04. The van der Waals surface area contributed by atoms with Crippen molar-refractivity contribution in [2.24, 2.45) is 0 Å². The Labute approximate surface area is 131 Å². The topological polar surface area (TPSA) is 81.2 Å². The van der Waals surface area contributed by atoms with Crippen LogP contribution in [0, 0.1) is 15.9 Å². The Balaban J connectivity index is 2.13. The van der Waals surface area contributed by atoms with Crippen LogP contribution in [0.2, 0.25) is 0 Å². The number of non-ortho nitro benzene ring substituents is 1. The quantitative estimate of drug-likeness (QED) is 0.558. The van der Waals surface area contributed by atoms with Crippen LogP contribution < -0.4 is 5.32 Å². The minimum absolute atomic E-state index is 0.0597. The zero-order valence-electron chi connectivity index (χ0n) is 12.4. The maximum Gasteiger partial charge on any atom is 0.270 e. The molecule has 1 N–H and O–H groups in total. The van der Waals surface area contributed by atoms with Gasteiger partial charge in [0.25, 0.3) is 5.69 Å². The number of nitro benzene ring substituents is 1. The number of anilines is 1. The molecule has 2 aromatic carbocycles. The summed E-state index contributed by atoms with van der Waals surface area (Å²) < 4.78 is 18.9. The zero-order chi connectivity index (χ0) is 16.4. The fourth-order valence-electron chi connectivity index (χ4n) is 2.25. The highest BCUT2D eigenvalue weighted by atomic mass is 19.1. The van der Waals surface area contributed by atoms with Crippen molar-refractivity contribution in [3.8, 4) is 11.5 Å². The number of aromatic nitrogens is 1. The second kappa shape index (κ2) is 6.04. The molecule has 0 aliphatic rings. The number of hydrogen-bond acceptors (Lipinski definition) is 5. The minimum atomic E-state index is -0.477. The van der Waals surface area contributed by atoms with Crippen molar-refractivity contribution in [2.75, 3.05) is 11.9 Å². The van der Waals surface area contributed by atoms with Crippen LogP contribution in [-0.2, 0) is 0 Å². The van der Waals surface area contributed by atoms with Crippen LogP contribution in [0.4, 0.5) is 15.8 Å². The highest BCUT2D eigenvalue weighted by molar-refractivity contribution is 5.81. The molecule has 7 heteroatoms. The summed E-state index contributed by atoms with van der Waals surface area (Å²) in [6, 6.07) is 8.48. The minimum Gasteiger partial charge on any atom is -0.436 e. The summed E-state index contributed by atoms with van der Waals surface area (Å²) in [7, 11) is 0. The SMILES string of the molecule is CCCNc1ccc([N+](=O)[O-])cc1-c1nc2ccc(F)cc2o1. The molecule has 0 spiro atoms. The molecular formula is C16H14FN3O3. The lowest BCUT2D eigenvalue weighted by atomic mass is 10.1. The van der Waals surface area contributed by atoms with Crippen molar-refractivity contribution in [2.45, 2.75) is 13.3 Å². The van der Waals surface area contributed by atoms with Gasteiger partial charge in [-0.1, -0.05) is 6.92 Å². The maximum atomic E-state index is 13.3. The summed E-state index contributed by atoms with van der Waals surface area (Å²) in [5.41, 5.74) is 1.89. The molecule has 0 bridgehead atoms. The Bertz CT molecular complexity index is 876. The maximum absolute atomic E-state index is 13.3. The lowest BCUT2D eigenvalue weighted by molar-refractivity contribution is -0.384. The van der Waals surface area contributed by atoms with Gasteiger partial charge in [-0.3, -0.25) is 10.1 Å². The number of nitrogens with one attached hydrogen (secondary N) is 1. The van der Waals surface area contributed by atoms with Gasteiger partial charge in [0.15, 0.2) is 5.58 Å². The molecule has 0 radical (unpaired) electrons. The van der Waals surface area contributed by atoms with Gasteiger partial charge in [-0.2, -0.15) is 0 Å². The van der Waals surface area contributed by atoms with E-state index in [0.29, 0.717) is 28.9 Å². The smallest absolute Gasteiger partial charge is 0.270 e. The van der Waals surface area contributed by atoms with Gasteiger partial charge in [-0.05, 0) is 24.6 Å². The first kappa shape index (κ1) is 15.0. The lowest BCUT2D eigenvalue weighted by Crippen LogP contribution is -2.02. The fourth-order valence-corrected chi connectivity index (χ4v) is 2.25. The third-order valence-electron chi connectivity index (χ3n) is 3.36. The van der Waals surface area contributed by atoms with Crippen molar-refractivity contribution >= 4 is 22.5 Å². The number of nitrogens with zero attached hydrogens (tertiary/aromatic N) is 2. The van der Waals surface area contributed by atoms with E-state index in [1.54, 1.807) is 6.07 Å². The van der Waals surface area contributed by atoms with E-state index in [-0.39, 0.29) is 11.6 Å². The van der Waals surface area contributed by atoms with Crippen molar-refractivity contribution in [1.82, 2.24) is 4.98 Å². The Kier molecular flexibility index (Phi) is 3.92. The molecule has 0 saturated heterocycles. The molecule has 1 aromatic heterocycles. The molecule has 23 heavy (non-hydrogen) atoms. The zero-order valence-corrected chi connectivity index (χ0v) is 12.4. The van der Waals surface area contributed by atoms with Crippen molar-refractivity contribution in [3.05, 3.63) is 52.3 Å². The van der Waals surface area contributed by atoms with E-state index in [9.17, 15) is 14.5 Å². The molecule has 3 aromatic rings. The van der Waals surface area contributed by atoms with Gasteiger partial charge in [-0.15, -0.1) is 0 Å². The monoisotopic (exact) mass is 315 g/mol. The molecule has 0 atom stereocenters. The predicted molar refractivity (Wildman–Crippen MR) is 84.8 cm³/mol. The van der Waals surface area contributed by atoms with E-state index in [1.165, 1.54) is 30.3 Å². The normalized spacial score (nSPS) is 10.9. The first-order valence-electron chi connectivity index (χ1n) is 7.17. The predicted octanol–water partition coefficient (Wildman–Crippen LogP) is 4.36. The summed E-state index contributed by atoms with van der Waals surface area (Å²) in [6.45, 7) is 2.72. The summed E-state index contributed by atoms with van der Waals surface area (Å²) in [4.78, 5) is 14.8. The highest BCUT2D eigenvalue weighted by Gasteiger charge is 2.17. The summed E-state index contributed by atoms with van der Waals surface area (Å²) in [6.07, 6.45) is 0.898. The van der Waals surface area contributed by atoms with E-state index in [1.807, 2.05) is 6.92 Å². The average Bonchev–Trinajstić information content (AvgIpc) is 2.95. The van der Waals surface area contributed by atoms with E-state index >= 15 is 0 Å². The van der Waals surface area contributed by atoms with Crippen LogP contribution in [0.15, 0.2) is 40.8 Å². The number of halogens is 1. The van der Waals surface area contributed by atoms with Crippen LogP contribution in [-0.4, -0.2) is 16.5 Å². The number of hydrogen-bond donors (Lipinski definition) is 1. The lowest BCUT2D eigenvalue weighted by Gasteiger charge is -2.08. The van der Waals surface area contributed by atoms with Gasteiger partial charge in [0.2, 0.25) is 5.89 Å². The van der Waals surface area contributed by atoms with Crippen LogP contribution in [0.25, 0.3) is 22.6 Å².